The number of ether oxygens (including phenoxy) is 1. The Morgan fingerprint density at radius 2 is 1.82 bits per heavy atom. The summed E-state index contributed by atoms with van der Waals surface area (Å²) in [5.74, 6) is -0.885. The molecule has 13 heteroatoms. The molecule has 0 radical (unpaired) electrons. The number of amides is 2. The quantitative estimate of drug-likeness (QED) is 0.387. The Balaban J connectivity index is 1.72. The molecule has 1 aliphatic heterocycles. The van der Waals surface area contributed by atoms with Crippen LogP contribution in [0.2, 0.25) is 10.0 Å². The van der Waals surface area contributed by atoms with E-state index in [0.29, 0.717) is 10.5 Å². The van der Waals surface area contributed by atoms with Crippen LogP contribution in [0.5, 0.6) is 0 Å². The molecule has 0 aliphatic carbocycles. The summed E-state index contributed by atoms with van der Waals surface area (Å²) < 4.78 is 47.6. The van der Waals surface area contributed by atoms with Crippen LogP contribution in [-0.4, -0.2) is 30.3 Å². The first-order valence-corrected chi connectivity index (χ1v) is 11.8. The van der Waals surface area contributed by atoms with E-state index in [9.17, 15) is 22.8 Å². The molecule has 3 aromatic rings. The summed E-state index contributed by atoms with van der Waals surface area (Å²) in [6.07, 6.45) is -3.88. The first-order chi connectivity index (χ1) is 18.4. The number of hydrogen-bond acceptors (Lipinski definition) is 7. The molecule has 2 aromatic carbocycles. The number of aromatic nitrogens is 1. The zero-order valence-corrected chi connectivity index (χ0v) is 21.6. The molecule has 1 aliphatic rings. The molecule has 8 nitrogen and oxygen atoms in total. The standard InChI is InChI=1S/C26H17Cl2F3N4O4/c1-14-7-16(21-11-25(39-34-21,26(29,30)31)17-8-18(27)10-19(28)9-17)4-5-20(14)23(36)35(24(37)38-2)22-6-3-15(12-32)13-33-22/h3-11,13,34H,1-2H3. The number of halogens is 5. The number of rotatable bonds is 4. The molecule has 1 atom stereocenters. The lowest BCUT2D eigenvalue weighted by Gasteiger charge is -2.28. The van der Waals surface area contributed by atoms with Crippen LogP contribution in [0.25, 0.3) is 5.70 Å². The van der Waals surface area contributed by atoms with Gasteiger partial charge in [0.05, 0.1) is 18.4 Å². The van der Waals surface area contributed by atoms with Gasteiger partial charge in [0.1, 0.15) is 11.9 Å². The number of carbonyl (C=O) groups excluding carboxylic acids is 2. The number of pyridine rings is 1. The lowest BCUT2D eigenvalue weighted by Crippen LogP contribution is -2.42. The topological polar surface area (TPSA) is 105 Å². The van der Waals surface area contributed by atoms with Crippen LogP contribution in [0.1, 0.15) is 32.6 Å². The van der Waals surface area contributed by atoms with Crippen molar-refractivity contribution in [3.05, 3.63) is 98.7 Å². The van der Waals surface area contributed by atoms with Crippen molar-refractivity contribution >= 4 is 46.7 Å². The highest BCUT2D eigenvalue weighted by Gasteiger charge is 2.59. The van der Waals surface area contributed by atoms with Gasteiger partial charge in [-0.15, -0.1) is 0 Å². The molecular formula is C26H17Cl2F3N4O4. The monoisotopic (exact) mass is 576 g/mol. The van der Waals surface area contributed by atoms with E-state index < -0.39 is 23.8 Å². The van der Waals surface area contributed by atoms with Gasteiger partial charge in [-0.1, -0.05) is 29.3 Å². The van der Waals surface area contributed by atoms with Crippen molar-refractivity contribution in [2.75, 3.05) is 12.0 Å². The lowest BCUT2D eigenvalue weighted by molar-refractivity contribution is -0.269. The summed E-state index contributed by atoms with van der Waals surface area (Å²) >= 11 is 11.9. The summed E-state index contributed by atoms with van der Waals surface area (Å²) in [6, 6.07) is 12.3. The van der Waals surface area contributed by atoms with E-state index in [1.165, 1.54) is 42.6 Å². The van der Waals surface area contributed by atoms with Crippen molar-refractivity contribution in [3.8, 4) is 6.07 Å². The van der Waals surface area contributed by atoms with E-state index in [4.69, 9.17) is 38.0 Å². The van der Waals surface area contributed by atoms with E-state index in [2.05, 4.69) is 10.5 Å². The van der Waals surface area contributed by atoms with Crippen LogP contribution in [0.15, 0.2) is 60.8 Å². The van der Waals surface area contributed by atoms with Crippen LogP contribution in [0, 0.1) is 18.3 Å². The highest BCUT2D eigenvalue weighted by atomic mass is 35.5. The second-order valence-electron chi connectivity index (χ2n) is 8.31. The number of nitrogens with one attached hydrogen (secondary N) is 1. The third-order valence-corrected chi connectivity index (χ3v) is 6.25. The molecule has 1 N–H and O–H groups in total. The van der Waals surface area contributed by atoms with E-state index in [0.717, 1.165) is 25.3 Å². The highest BCUT2D eigenvalue weighted by Crippen LogP contribution is 2.48. The van der Waals surface area contributed by atoms with Crippen molar-refractivity contribution < 1.29 is 32.3 Å². The molecule has 2 amide bonds. The number of methoxy groups -OCH3 is 1. The Kier molecular flexibility index (Phi) is 7.57. The minimum Gasteiger partial charge on any atom is -0.452 e. The van der Waals surface area contributed by atoms with Crippen LogP contribution < -0.4 is 10.4 Å². The third kappa shape index (κ3) is 5.27. The van der Waals surface area contributed by atoms with Crippen molar-refractivity contribution in [2.24, 2.45) is 0 Å². The van der Waals surface area contributed by atoms with E-state index in [1.807, 2.05) is 6.07 Å². The molecule has 0 bridgehead atoms. The van der Waals surface area contributed by atoms with Crippen molar-refractivity contribution in [2.45, 2.75) is 18.7 Å². The molecule has 2 heterocycles. The third-order valence-electron chi connectivity index (χ3n) is 5.82. The number of aryl methyl sites for hydroxylation is 1. The van der Waals surface area contributed by atoms with Gasteiger partial charge >= 0.3 is 12.3 Å². The van der Waals surface area contributed by atoms with Crippen molar-refractivity contribution in [3.63, 3.8) is 0 Å². The number of imide groups is 1. The van der Waals surface area contributed by atoms with Gasteiger partial charge in [-0.25, -0.2) is 9.78 Å². The maximum atomic E-state index is 14.3. The minimum absolute atomic E-state index is 0.00259. The molecule has 200 valence electrons. The molecule has 0 saturated carbocycles. The minimum atomic E-state index is -4.89. The van der Waals surface area contributed by atoms with Gasteiger partial charge < -0.3 is 4.74 Å². The highest BCUT2D eigenvalue weighted by molar-refractivity contribution is 6.34. The number of alkyl halides is 3. The fourth-order valence-corrected chi connectivity index (χ4v) is 4.43. The molecular weight excluding hydrogens is 560 g/mol. The van der Waals surface area contributed by atoms with Crippen molar-refractivity contribution in [1.29, 1.82) is 5.26 Å². The van der Waals surface area contributed by atoms with Crippen LogP contribution in [0.4, 0.5) is 23.8 Å². The molecule has 0 spiro atoms. The fourth-order valence-electron chi connectivity index (χ4n) is 3.90. The Hall–Kier alpha value is -4.11. The van der Waals surface area contributed by atoms with Gasteiger partial charge in [-0.3, -0.25) is 15.1 Å². The van der Waals surface area contributed by atoms with Crippen LogP contribution >= 0.6 is 23.2 Å². The molecule has 1 unspecified atom stereocenters. The van der Waals surface area contributed by atoms with Crippen LogP contribution in [0.3, 0.4) is 0 Å². The maximum Gasteiger partial charge on any atom is 0.428 e. The number of benzene rings is 2. The van der Waals surface area contributed by atoms with Gasteiger partial charge in [0.2, 0.25) is 5.60 Å². The second-order valence-corrected chi connectivity index (χ2v) is 9.18. The number of nitriles is 1. The number of carbonyl (C=O) groups is 2. The Labute approximate surface area is 230 Å². The summed E-state index contributed by atoms with van der Waals surface area (Å²) in [5.41, 5.74) is -0.0547. The summed E-state index contributed by atoms with van der Waals surface area (Å²) in [4.78, 5) is 35.5. The summed E-state index contributed by atoms with van der Waals surface area (Å²) in [5, 5.41) is 8.97. The number of nitrogens with zero attached hydrogens (tertiary/aromatic N) is 3. The largest absolute Gasteiger partial charge is 0.452 e. The average molecular weight is 577 g/mol. The number of hydroxylamine groups is 1. The molecule has 0 fully saturated rings. The number of hydrogen-bond donors (Lipinski definition) is 1. The lowest BCUT2D eigenvalue weighted by atomic mass is 9.91. The smallest absolute Gasteiger partial charge is 0.428 e. The first-order valence-electron chi connectivity index (χ1n) is 11.0. The van der Waals surface area contributed by atoms with Gasteiger partial charge in [-0.2, -0.15) is 23.3 Å². The zero-order valence-electron chi connectivity index (χ0n) is 20.1. The normalized spacial score (nSPS) is 16.6. The first kappa shape index (κ1) is 27.9. The predicted molar refractivity (Wildman–Crippen MR) is 136 cm³/mol. The Bertz CT molecular complexity index is 1520. The van der Waals surface area contributed by atoms with Gasteiger partial charge in [0, 0.05) is 27.4 Å². The van der Waals surface area contributed by atoms with Crippen LogP contribution in [-0.2, 0) is 15.2 Å². The van der Waals surface area contributed by atoms with E-state index in [-0.39, 0.29) is 43.8 Å². The summed E-state index contributed by atoms with van der Waals surface area (Å²) in [7, 11) is 1.08. The molecule has 39 heavy (non-hydrogen) atoms. The SMILES string of the molecule is COC(=O)N(C(=O)c1ccc(C2=CC(c3cc(Cl)cc(Cl)c3)(C(F)(F)F)ON2)cc1C)c1ccc(C#N)cn1. The van der Waals surface area contributed by atoms with Crippen molar-refractivity contribution in [1.82, 2.24) is 10.5 Å². The summed E-state index contributed by atoms with van der Waals surface area (Å²) in [6.45, 7) is 1.54. The van der Waals surface area contributed by atoms with E-state index in [1.54, 1.807) is 6.92 Å². The Morgan fingerprint density at radius 1 is 1.13 bits per heavy atom. The Morgan fingerprint density at radius 3 is 2.36 bits per heavy atom. The molecule has 0 saturated heterocycles. The second kappa shape index (κ2) is 10.6. The van der Waals surface area contributed by atoms with E-state index >= 15 is 0 Å². The van der Waals surface area contributed by atoms with Gasteiger partial charge in [0.15, 0.2) is 0 Å². The maximum absolute atomic E-state index is 14.3. The zero-order chi connectivity index (χ0) is 28.5. The average Bonchev–Trinajstić information content (AvgIpc) is 3.36. The molecule has 1 aromatic heterocycles. The van der Waals surface area contributed by atoms with Gasteiger partial charge in [-0.05, 0) is 66.6 Å². The van der Waals surface area contributed by atoms with Gasteiger partial charge in [0.25, 0.3) is 5.91 Å². The fraction of sp³-hybridized carbons (Fsp3) is 0.154. The number of anilines is 1. The molecule has 4 rings (SSSR count). The predicted octanol–water partition coefficient (Wildman–Crippen LogP) is 6.32.